The Labute approximate surface area is 268 Å². The molecule has 5 atom stereocenters. The van der Waals surface area contributed by atoms with Gasteiger partial charge in [0.05, 0.1) is 7.11 Å². The summed E-state index contributed by atoms with van der Waals surface area (Å²) < 4.78 is 36.1. The molecular weight excluding hydrogens is 697 g/mol. The van der Waals surface area contributed by atoms with Crippen molar-refractivity contribution in [1.29, 1.82) is 0 Å². The molecule has 3 heterocycles. The van der Waals surface area contributed by atoms with Crippen molar-refractivity contribution in [3.8, 4) is 11.5 Å². The van der Waals surface area contributed by atoms with E-state index in [9.17, 15) is 18.6 Å². The molecule has 1 aromatic rings. The molecule has 2 unspecified atom stereocenters. The number of alkyl halides is 1. The van der Waals surface area contributed by atoms with Gasteiger partial charge in [-0.15, -0.1) is 11.8 Å². The van der Waals surface area contributed by atoms with Crippen LogP contribution in [0.1, 0.15) is 71.8 Å². The van der Waals surface area contributed by atoms with Crippen molar-refractivity contribution in [2.75, 3.05) is 26.4 Å². The zero-order chi connectivity index (χ0) is 30.9. The molecule has 1 aromatic carbocycles. The molecule has 4 rings (SSSR count). The van der Waals surface area contributed by atoms with Crippen LogP contribution in [0.4, 0.5) is 4.79 Å². The number of ether oxygens (including phenoxy) is 5. The molecule has 0 radical (unpaired) electrons. The molecule has 236 valence electrons. The predicted molar refractivity (Wildman–Crippen MR) is 170 cm³/mol. The van der Waals surface area contributed by atoms with Crippen molar-refractivity contribution in [1.82, 2.24) is 4.90 Å². The third-order valence-electron chi connectivity index (χ3n) is 7.25. The van der Waals surface area contributed by atoms with Gasteiger partial charge >= 0.3 is 12.1 Å². The van der Waals surface area contributed by atoms with Crippen LogP contribution in [0.3, 0.4) is 0 Å². The molecule has 1 amide bonds. The molecule has 2 fully saturated rings. The molecule has 42 heavy (non-hydrogen) atoms. The molecule has 13 heteroatoms. The number of fused-ring (bicyclic) bond motifs is 2. The second kappa shape index (κ2) is 16.4. The Bertz CT molecular complexity index is 1120. The smallest absolute Gasteiger partial charge is 0.454 e. The summed E-state index contributed by atoms with van der Waals surface area (Å²) in [6, 6.07) is 5.34. The molecular formula is C29H42INO9S2. The highest BCUT2D eigenvalue weighted by Gasteiger charge is 2.63. The minimum Gasteiger partial charge on any atom is -0.454 e. The van der Waals surface area contributed by atoms with Gasteiger partial charge in [-0.2, -0.15) is 0 Å². The highest BCUT2D eigenvalue weighted by molar-refractivity contribution is 14.1. The van der Waals surface area contributed by atoms with Crippen molar-refractivity contribution in [2.45, 2.75) is 98.0 Å². The lowest BCUT2D eigenvalue weighted by Crippen LogP contribution is -2.63. The quantitative estimate of drug-likeness (QED) is 0.0633. The van der Waals surface area contributed by atoms with Gasteiger partial charge in [-0.25, -0.2) is 9.59 Å². The number of halogens is 1. The first kappa shape index (κ1) is 34.7. The van der Waals surface area contributed by atoms with E-state index in [-0.39, 0.29) is 20.5 Å². The first-order valence-electron chi connectivity index (χ1n) is 14.3. The fourth-order valence-electron chi connectivity index (χ4n) is 4.94. The van der Waals surface area contributed by atoms with Gasteiger partial charge in [0.1, 0.15) is 15.3 Å². The second-order valence-electron chi connectivity index (χ2n) is 10.9. The van der Waals surface area contributed by atoms with Gasteiger partial charge in [-0.1, -0.05) is 74.6 Å². The summed E-state index contributed by atoms with van der Waals surface area (Å²) in [7, 11) is 0.415. The Morgan fingerprint density at radius 3 is 2.55 bits per heavy atom. The number of β-lactam (4-membered cyclic amide) rings is 1. The van der Waals surface area contributed by atoms with Crippen LogP contribution in [-0.2, 0) is 41.0 Å². The summed E-state index contributed by atoms with van der Waals surface area (Å²) in [6.07, 6.45) is 7.39. The fourth-order valence-corrected chi connectivity index (χ4v) is 8.85. The maximum atomic E-state index is 12.3. The van der Waals surface area contributed by atoms with Gasteiger partial charge in [0.15, 0.2) is 11.5 Å². The number of rotatable bonds is 13. The molecule has 2 saturated heterocycles. The Morgan fingerprint density at radius 2 is 1.83 bits per heavy atom. The van der Waals surface area contributed by atoms with Crippen molar-refractivity contribution < 1.29 is 42.3 Å². The second-order valence-corrected chi connectivity index (χ2v) is 16.0. The Morgan fingerprint density at radius 1 is 1.14 bits per heavy atom. The van der Waals surface area contributed by atoms with Crippen LogP contribution in [0.2, 0.25) is 0 Å². The SMILES string of the molecule is CCCCCCCCS(=O)C(C)Cc1ccc2c(c1)OCO2.COC(=O)OCOC(=O)[C@@H]1N2C(=O)[C@@H](I)[C@H]2SC1(C)C. The van der Waals surface area contributed by atoms with Crippen molar-refractivity contribution in [3.63, 3.8) is 0 Å². The maximum absolute atomic E-state index is 12.3. The normalized spacial score (nSPS) is 22.7. The van der Waals surface area contributed by atoms with Crippen LogP contribution in [0, 0.1) is 0 Å². The van der Waals surface area contributed by atoms with E-state index in [0.29, 0.717) is 6.79 Å². The number of hydrogen-bond donors (Lipinski definition) is 0. The van der Waals surface area contributed by atoms with Gasteiger partial charge in [0.25, 0.3) is 0 Å². The molecule has 10 nitrogen and oxygen atoms in total. The van der Waals surface area contributed by atoms with E-state index in [4.69, 9.17) is 14.2 Å². The minimum atomic E-state index is -0.928. The highest BCUT2D eigenvalue weighted by Crippen LogP contribution is 2.53. The minimum absolute atomic E-state index is 0.00262. The summed E-state index contributed by atoms with van der Waals surface area (Å²) >= 11 is 3.65. The van der Waals surface area contributed by atoms with Gasteiger partial charge < -0.3 is 28.6 Å². The maximum Gasteiger partial charge on any atom is 0.510 e. The van der Waals surface area contributed by atoms with Gasteiger partial charge in [0, 0.05) is 26.5 Å². The van der Waals surface area contributed by atoms with E-state index in [1.807, 2.05) is 32.0 Å². The third-order valence-corrected chi connectivity index (χ3v) is 12.3. The zero-order valence-corrected chi connectivity index (χ0v) is 28.7. The fraction of sp³-hybridized carbons (Fsp3) is 0.690. The Kier molecular flexibility index (Phi) is 13.5. The number of carbonyl (C=O) groups is 3. The van der Waals surface area contributed by atoms with E-state index in [1.165, 1.54) is 37.7 Å². The van der Waals surface area contributed by atoms with Crippen LogP contribution < -0.4 is 9.47 Å². The lowest BCUT2D eigenvalue weighted by molar-refractivity contribution is -0.167. The number of hydrogen-bond acceptors (Lipinski definition) is 10. The van der Waals surface area contributed by atoms with Gasteiger partial charge in [-0.05, 0) is 44.4 Å². The zero-order valence-electron chi connectivity index (χ0n) is 24.9. The van der Waals surface area contributed by atoms with E-state index >= 15 is 0 Å². The van der Waals surface area contributed by atoms with Crippen molar-refractivity contribution in [2.24, 2.45) is 0 Å². The molecule has 3 aliphatic heterocycles. The van der Waals surface area contributed by atoms with Gasteiger partial charge in [-0.3, -0.25) is 9.00 Å². The first-order valence-corrected chi connectivity index (χ1v) is 17.8. The molecule has 0 spiro atoms. The molecule has 0 aliphatic carbocycles. The molecule has 0 bridgehead atoms. The van der Waals surface area contributed by atoms with E-state index < -0.39 is 40.5 Å². The highest BCUT2D eigenvalue weighted by atomic mass is 127. The number of unbranched alkanes of at least 4 members (excludes halogenated alkanes) is 5. The van der Waals surface area contributed by atoms with Crippen LogP contribution >= 0.6 is 34.4 Å². The third kappa shape index (κ3) is 9.13. The predicted octanol–water partition coefficient (Wildman–Crippen LogP) is 5.59. The number of esters is 1. The summed E-state index contributed by atoms with van der Waals surface area (Å²) in [5.41, 5.74) is 1.17. The van der Waals surface area contributed by atoms with Crippen LogP contribution in [0.5, 0.6) is 11.5 Å². The topological polar surface area (TPSA) is 118 Å². The number of benzene rings is 1. The number of carbonyl (C=O) groups excluding carboxylic acids is 3. The Hall–Kier alpha value is -1.74. The average Bonchev–Trinajstić information content (AvgIpc) is 3.54. The van der Waals surface area contributed by atoms with Gasteiger partial charge in [0.2, 0.25) is 19.5 Å². The lowest BCUT2D eigenvalue weighted by Gasteiger charge is -2.41. The lowest BCUT2D eigenvalue weighted by atomic mass is 9.98. The number of thioether (sulfide) groups is 1. The van der Waals surface area contributed by atoms with E-state index in [1.54, 1.807) is 16.7 Å². The van der Waals surface area contributed by atoms with Crippen molar-refractivity contribution in [3.05, 3.63) is 23.8 Å². The standard InChI is InChI=1S/C18H28O3S.C11H14INO6S/c1-3-4-5-6-7-8-11-22(19)15(2)12-16-9-10-17-18(13-16)21-14-20-17;1-11(2)6(9(15)18-4-19-10(16)17-3)13-7(14)5(12)8(13)20-11/h9-10,13,15H,3-8,11-12,14H2,1-2H3;5-6,8H,4H2,1-3H3/t;5-,6+,8-/m.1/s1. The van der Waals surface area contributed by atoms with Crippen LogP contribution in [0.15, 0.2) is 18.2 Å². The first-order chi connectivity index (χ1) is 20.0. The number of amides is 1. The largest absolute Gasteiger partial charge is 0.510 e. The average molecular weight is 740 g/mol. The summed E-state index contributed by atoms with van der Waals surface area (Å²) in [6.45, 7) is 7.87. The van der Waals surface area contributed by atoms with E-state index in [0.717, 1.165) is 37.2 Å². The molecule has 0 N–H and O–H groups in total. The summed E-state index contributed by atoms with van der Waals surface area (Å²) in [4.78, 5) is 36.3. The molecule has 0 saturated carbocycles. The van der Waals surface area contributed by atoms with Crippen LogP contribution in [-0.4, -0.2) is 78.9 Å². The molecule has 3 aliphatic rings. The Balaban J connectivity index is 0.000000231. The van der Waals surface area contributed by atoms with Crippen molar-refractivity contribution >= 4 is 63.2 Å². The number of methoxy groups -OCH3 is 1. The van der Waals surface area contributed by atoms with E-state index in [2.05, 4.69) is 45.9 Å². The summed E-state index contributed by atoms with van der Waals surface area (Å²) in [5, 5.41) is 0.188. The van der Waals surface area contributed by atoms with Crippen LogP contribution in [0.25, 0.3) is 0 Å². The monoisotopic (exact) mass is 739 g/mol. The number of nitrogens with zero attached hydrogens (tertiary/aromatic N) is 1. The molecule has 0 aromatic heterocycles. The summed E-state index contributed by atoms with van der Waals surface area (Å²) in [5.74, 6) is 1.81.